The second-order valence-electron chi connectivity index (χ2n) is 8.90. The number of nitrogens with one attached hydrogen (secondary N) is 3. The first-order valence-electron chi connectivity index (χ1n) is 11.5. The number of amides is 3. The van der Waals surface area contributed by atoms with Crippen molar-refractivity contribution in [2.24, 2.45) is 17.6 Å². The number of benzene rings is 1. The summed E-state index contributed by atoms with van der Waals surface area (Å²) in [6, 6.07) is 4.27. The van der Waals surface area contributed by atoms with Gasteiger partial charge in [0.1, 0.15) is 18.1 Å². The highest BCUT2D eigenvalue weighted by Gasteiger charge is 2.33. The van der Waals surface area contributed by atoms with Crippen LogP contribution in [0.3, 0.4) is 0 Å². The van der Waals surface area contributed by atoms with Gasteiger partial charge in [-0.2, -0.15) is 0 Å². The molecule has 0 aromatic heterocycles. The van der Waals surface area contributed by atoms with E-state index in [4.69, 9.17) is 5.73 Å². The molecule has 3 amide bonds. The first-order valence-corrected chi connectivity index (χ1v) is 11.5. The second kappa shape index (κ2) is 14.1. The van der Waals surface area contributed by atoms with E-state index >= 15 is 0 Å². The van der Waals surface area contributed by atoms with Crippen LogP contribution in [0.4, 0.5) is 0 Å². The zero-order chi connectivity index (χ0) is 26.7. The van der Waals surface area contributed by atoms with Crippen molar-refractivity contribution >= 4 is 29.7 Å². The van der Waals surface area contributed by atoms with E-state index in [2.05, 4.69) is 16.0 Å². The van der Waals surface area contributed by atoms with Gasteiger partial charge in [0.25, 0.3) is 0 Å². The summed E-state index contributed by atoms with van der Waals surface area (Å²) in [6.45, 7) is 6.72. The maximum atomic E-state index is 13.0. The Morgan fingerprint density at radius 3 is 1.91 bits per heavy atom. The molecule has 1 aromatic carbocycles. The van der Waals surface area contributed by atoms with E-state index in [9.17, 15) is 34.2 Å². The van der Waals surface area contributed by atoms with Gasteiger partial charge in [0.2, 0.25) is 17.7 Å². The van der Waals surface area contributed by atoms with Gasteiger partial charge in [-0.1, -0.05) is 64.4 Å². The minimum atomic E-state index is -1.54. The SMILES string of the molecule is CCC(C)C(NC(=O)C(CC(=O)O)NC(=O)C(NC(=O)C(N)Cc1ccccc1)C(C)C)C(=O)O. The van der Waals surface area contributed by atoms with Crippen molar-refractivity contribution in [3.05, 3.63) is 35.9 Å². The van der Waals surface area contributed by atoms with E-state index in [0.717, 1.165) is 5.56 Å². The van der Waals surface area contributed by atoms with Gasteiger partial charge >= 0.3 is 11.9 Å². The maximum Gasteiger partial charge on any atom is 0.326 e. The smallest absolute Gasteiger partial charge is 0.326 e. The minimum absolute atomic E-state index is 0.245. The van der Waals surface area contributed by atoms with E-state index in [-0.39, 0.29) is 6.42 Å². The van der Waals surface area contributed by atoms with Crippen LogP contribution in [-0.4, -0.2) is 64.0 Å². The Balaban J connectivity index is 2.95. The number of hydrogen-bond donors (Lipinski definition) is 6. The third kappa shape index (κ3) is 9.73. The fraction of sp³-hybridized carbons (Fsp3) is 0.542. The Kier molecular flexibility index (Phi) is 11.9. The molecule has 0 saturated carbocycles. The molecule has 0 fully saturated rings. The maximum absolute atomic E-state index is 13.0. The van der Waals surface area contributed by atoms with Crippen LogP contribution in [0.15, 0.2) is 30.3 Å². The van der Waals surface area contributed by atoms with E-state index in [1.54, 1.807) is 27.7 Å². The number of rotatable bonds is 14. The van der Waals surface area contributed by atoms with Gasteiger partial charge in [0.05, 0.1) is 12.5 Å². The minimum Gasteiger partial charge on any atom is -0.481 e. The van der Waals surface area contributed by atoms with Gasteiger partial charge in [0.15, 0.2) is 0 Å². The van der Waals surface area contributed by atoms with Crippen molar-refractivity contribution < 1.29 is 34.2 Å². The van der Waals surface area contributed by atoms with Crippen LogP contribution in [0.1, 0.15) is 46.1 Å². The predicted molar refractivity (Wildman–Crippen MR) is 128 cm³/mol. The molecule has 194 valence electrons. The topological polar surface area (TPSA) is 188 Å². The molecule has 0 aliphatic heterocycles. The van der Waals surface area contributed by atoms with Crippen LogP contribution >= 0.6 is 0 Å². The molecule has 0 saturated heterocycles. The number of aliphatic carboxylic acids is 2. The molecule has 5 unspecified atom stereocenters. The molecule has 0 aliphatic carbocycles. The lowest BCUT2D eigenvalue weighted by Gasteiger charge is -2.27. The van der Waals surface area contributed by atoms with Crippen LogP contribution in [-0.2, 0) is 30.4 Å². The van der Waals surface area contributed by atoms with Crippen LogP contribution in [0.5, 0.6) is 0 Å². The second-order valence-corrected chi connectivity index (χ2v) is 8.90. The zero-order valence-electron chi connectivity index (χ0n) is 20.5. The van der Waals surface area contributed by atoms with Crippen LogP contribution in [0.2, 0.25) is 0 Å². The lowest BCUT2D eigenvalue weighted by atomic mass is 9.98. The Morgan fingerprint density at radius 1 is 0.857 bits per heavy atom. The molecule has 0 spiro atoms. The Bertz CT molecular complexity index is 891. The summed E-state index contributed by atoms with van der Waals surface area (Å²) in [5.41, 5.74) is 6.84. The average Bonchev–Trinajstić information content (AvgIpc) is 2.79. The van der Waals surface area contributed by atoms with Crippen molar-refractivity contribution in [1.82, 2.24) is 16.0 Å². The molecule has 7 N–H and O–H groups in total. The normalized spacial score (nSPS) is 15.3. The first kappa shape index (κ1) is 29.6. The summed E-state index contributed by atoms with van der Waals surface area (Å²) < 4.78 is 0. The number of carbonyl (C=O) groups is 5. The molecular weight excluding hydrogens is 456 g/mol. The van der Waals surface area contributed by atoms with Crippen molar-refractivity contribution in [1.29, 1.82) is 0 Å². The molecular formula is C24H36N4O7. The lowest BCUT2D eigenvalue weighted by Crippen LogP contribution is -2.59. The van der Waals surface area contributed by atoms with Gasteiger partial charge in [-0.25, -0.2) is 4.79 Å². The standard InChI is InChI=1S/C24H36N4O7/c1-5-14(4)20(24(34)35)28-22(32)17(12-18(29)30)26-23(33)19(13(2)3)27-21(31)16(25)11-15-9-7-6-8-10-15/h6-10,13-14,16-17,19-20H,5,11-12,25H2,1-4H3,(H,26,33)(H,27,31)(H,28,32)(H,29,30)(H,34,35). The molecule has 11 heteroatoms. The molecule has 1 aromatic rings. The number of carboxylic acids is 2. The number of nitrogens with two attached hydrogens (primary N) is 1. The number of carbonyl (C=O) groups excluding carboxylic acids is 3. The Labute approximate surface area is 204 Å². The molecule has 0 aliphatic rings. The molecule has 35 heavy (non-hydrogen) atoms. The van der Waals surface area contributed by atoms with Crippen molar-refractivity contribution in [2.45, 2.75) is 71.1 Å². The monoisotopic (exact) mass is 492 g/mol. The fourth-order valence-corrected chi connectivity index (χ4v) is 3.34. The highest BCUT2D eigenvalue weighted by molar-refractivity contribution is 5.95. The molecule has 1 rings (SSSR count). The van der Waals surface area contributed by atoms with Crippen molar-refractivity contribution in [3.63, 3.8) is 0 Å². The summed E-state index contributed by atoms with van der Waals surface area (Å²) in [4.78, 5) is 61.2. The fourth-order valence-electron chi connectivity index (χ4n) is 3.34. The first-order chi connectivity index (χ1) is 16.4. The molecule has 0 heterocycles. The predicted octanol–water partition coefficient (Wildman–Crippen LogP) is 0.272. The van der Waals surface area contributed by atoms with Gasteiger partial charge in [-0.05, 0) is 23.8 Å². The van der Waals surface area contributed by atoms with E-state index < -0.39 is 72.1 Å². The highest BCUT2D eigenvalue weighted by Crippen LogP contribution is 2.10. The summed E-state index contributed by atoms with van der Waals surface area (Å²) in [5.74, 6) is -5.77. The molecule has 11 nitrogen and oxygen atoms in total. The summed E-state index contributed by atoms with van der Waals surface area (Å²) >= 11 is 0. The van der Waals surface area contributed by atoms with Crippen LogP contribution in [0, 0.1) is 11.8 Å². The zero-order valence-corrected chi connectivity index (χ0v) is 20.5. The highest BCUT2D eigenvalue weighted by atomic mass is 16.4. The van der Waals surface area contributed by atoms with Gasteiger partial charge in [-0.15, -0.1) is 0 Å². The molecule has 0 radical (unpaired) electrons. The Hall–Kier alpha value is -3.47. The Morgan fingerprint density at radius 2 is 1.43 bits per heavy atom. The van der Waals surface area contributed by atoms with E-state index in [1.165, 1.54) is 0 Å². The largest absolute Gasteiger partial charge is 0.481 e. The number of hydrogen-bond acceptors (Lipinski definition) is 6. The summed E-state index contributed by atoms with van der Waals surface area (Å²) in [6.07, 6.45) is -0.0655. The summed E-state index contributed by atoms with van der Waals surface area (Å²) in [5, 5.41) is 25.8. The summed E-state index contributed by atoms with van der Waals surface area (Å²) in [7, 11) is 0. The third-order valence-corrected chi connectivity index (χ3v) is 5.67. The average molecular weight is 493 g/mol. The lowest BCUT2D eigenvalue weighted by molar-refractivity contribution is -0.144. The van der Waals surface area contributed by atoms with Gasteiger partial charge < -0.3 is 31.9 Å². The van der Waals surface area contributed by atoms with Crippen molar-refractivity contribution in [2.75, 3.05) is 0 Å². The van der Waals surface area contributed by atoms with E-state index in [1.807, 2.05) is 30.3 Å². The molecule has 0 bridgehead atoms. The van der Waals surface area contributed by atoms with Crippen LogP contribution in [0.25, 0.3) is 0 Å². The van der Waals surface area contributed by atoms with E-state index in [0.29, 0.717) is 6.42 Å². The van der Waals surface area contributed by atoms with Crippen LogP contribution < -0.4 is 21.7 Å². The molecule has 5 atom stereocenters. The van der Waals surface area contributed by atoms with Crippen molar-refractivity contribution in [3.8, 4) is 0 Å². The van der Waals surface area contributed by atoms with Gasteiger partial charge in [0, 0.05) is 0 Å². The van der Waals surface area contributed by atoms with Gasteiger partial charge in [-0.3, -0.25) is 19.2 Å². The number of carboxylic acid groups (broad SMARTS) is 2. The quantitative estimate of drug-likeness (QED) is 0.213. The third-order valence-electron chi connectivity index (χ3n) is 5.67.